The van der Waals surface area contributed by atoms with Crippen LogP contribution in [0.2, 0.25) is 0 Å². The van der Waals surface area contributed by atoms with Crippen molar-refractivity contribution >= 4 is 43.7 Å². The predicted octanol–water partition coefficient (Wildman–Crippen LogP) is 4.38. The number of halogens is 1. The number of hydrogen-bond acceptors (Lipinski definition) is 2. The maximum Gasteiger partial charge on any atom is 0.285 e. The van der Waals surface area contributed by atoms with Crippen LogP contribution in [0.3, 0.4) is 0 Å². The topological polar surface area (TPSA) is 20.3 Å². The third-order valence-corrected chi connectivity index (χ3v) is 3.87. The van der Waals surface area contributed by atoms with Crippen LogP contribution in [0, 0.1) is 0 Å². The molecule has 2 aromatic carbocycles. The van der Waals surface area contributed by atoms with Crippen molar-refractivity contribution in [2.75, 3.05) is 14.1 Å². The zero-order chi connectivity index (χ0) is 12.4. The summed E-state index contributed by atoms with van der Waals surface area (Å²) in [4.78, 5) is 14.1. The van der Waals surface area contributed by atoms with Crippen molar-refractivity contribution in [3.8, 4) is 0 Å². The van der Waals surface area contributed by atoms with E-state index in [9.17, 15) is 4.79 Å². The minimum Gasteiger partial charge on any atom is -0.339 e. The lowest BCUT2D eigenvalue weighted by Gasteiger charge is -2.09. The van der Waals surface area contributed by atoms with Gasteiger partial charge in [-0.25, -0.2) is 0 Å². The molecule has 88 valence electrons. The fourth-order valence-electron chi connectivity index (χ4n) is 1.45. The number of nitrogens with zero attached hydrogens (tertiary/aromatic N) is 1. The average Bonchev–Trinajstić information content (AvgIpc) is 2.29. The minimum absolute atomic E-state index is 0.0430. The summed E-state index contributed by atoms with van der Waals surface area (Å²) in [6.07, 6.45) is 0. The average molecular weight is 310 g/mol. The van der Waals surface area contributed by atoms with Crippen molar-refractivity contribution in [1.29, 1.82) is 0 Å². The molecule has 2 nitrogen and oxygen atoms in total. The summed E-state index contributed by atoms with van der Waals surface area (Å²) >= 11 is 4.69. The van der Waals surface area contributed by atoms with E-state index in [0.717, 1.165) is 14.8 Å². The van der Waals surface area contributed by atoms with Crippen molar-refractivity contribution < 1.29 is 4.79 Å². The summed E-state index contributed by atoms with van der Waals surface area (Å²) in [5.74, 6) is 0. The number of hydrogen-bond donors (Lipinski definition) is 0. The maximum atomic E-state index is 11.6. The Bertz CT molecular complexity index is 568. The van der Waals surface area contributed by atoms with Crippen LogP contribution in [0.15, 0.2) is 45.8 Å². The zero-order valence-corrected chi connectivity index (χ0v) is 12.0. The number of carbonyl (C=O) groups excluding carboxylic acids is 1. The lowest BCUT2D eigenvalue weighted by Crippen LogP contribution is -2.15. The molecular weight excluding hydrogens is 298 g/mol. The van der Waals surface area contributed by atoms with Gasteiger partial charge in [0.05, 0.1) is 0 Å². The fraction of sp³-hybridized carbons (Fsp3) is 0.154. The highest BCUT2D eigenvalue weighted by molar-refractivity contribution is 9.10. The van der Waals surface area contributed by atoms with Crippen molar-refractivity contribution in [2.24, 2.45) is 0 Å². The van der Waals surface area contributed by atoms with E-state index in [1.54, 1.807) is 19.0 Å². The molecule has 0 aliphatic heterocycles. The molecule has 0 aliphatic rings. The molecular formula is C13H12BrNOS. The van der Waals surface area contributed by atoms with Crippen LogP contribution in [-0.2, 0) is 0 Å². The number of amides is 1. The predicted molar refractivity (Wildman–Crippen MR) is 76.6 cm³/mol. The first-order valence-corrected chi connectivity index (χ1v) is 6.75. The third-order valence-electron chi connectivity index (χ3n) is 2.34. The molecule has 2 rings (SSSR count). The van der Waals surface area contributed by atoms with Gasteiger partial charge in [-0.15, -0.1) is 0 Å². The first kappa shape index (κ1) is 12.5. The molecule has 17 heavy (non-hydrogen) atoms. The molecule has 0 bridgehead atoms. The molecule has 4 heteroatoms. The highest BCUT2D eigenvalue weighted by Crippen LogP contribution is 2.26. The summed E-state index contributed by atoms with van der Waals surface area (Å²) in [6, 6.07) is 12.2. The molecule has 0 unspecified atom stereocenters. The van der Waals surface area contributed by atoms with E-state index in [-0.39, 0.29) is 5.24 Å². The number of benzene rings is 2. The highest BCUT2D eigenvalue weighted by Gasteiger charge is 2.07. The second-order valence-electron chi connectivity index (χ2n) is 3.92. The van der Waals surface area contributed by atoms with Crippen LogP contribution < -0.4 is 0 Å². The molecule has 0 heterocycles. The zero-order valence-electron chi connectivity index (χ0n) is 9.61. The number of fused-ring (bicyclic) bond motifs is 1. The number of carbonyl (C=O) groups is 1. The van der Waals surface area contributed by atoms with Crippen LogP contribution >= 0.6 is 27.7 Å². The summed E-state index contributed by atoms with van der Waals surface area (Å²) in [6.45, 7) is 0. The molecule has 0 radical (unpaired) electrons. The SMILES string of the molecule is CN(C)C(=O)Sc1ccc2cc(Br)ccc2c1. The van der Waals surface area contributed by atoms with Crippen molar-refractivity contribution in [3.63, 3.8) is 0 Å². The summed E-state index contributed by atoms with van der Waals surface area (Å²) < 4.78 is 1.06. The van der Waals surface area contributed by atoms with Gasteiger partial charge in [0.25, 0.3) is 5.24 Å². The molecule has 1 amide bonds. The first-order chi connectivity index (χ1) is 8.06. The lowest BCUT2D eigenvalue weighted by molar-refractivity contribution is 0.241. The number of thioether (sulfide) groups is 1. The van der Waals surface area contributed by atoms with Gasteiger partial charge >= 0.3 is 0 Å². The molecule has 0 atom stereocenters. The Kier molecular flexibility index (Phi) is 3.74. The van der Waals surface area contributed by atoms with E-state index in [4.69, 9.17) is 0 Å². The molecule has 0 spiro atoms. The Morgan fingerprint density at radius 2 is 1.76 bits per heavy atom. The van der Waals surface area contributed by atoms with Crippen LogP contribution in [0.4, 0.5) is 4.79 Å². The van der Waals surface area contributed by atoms with Gasteiger partial charge in [0.15, 0.2) is 0 Å². The van der Waals surface area contributed by atoms with Crippen molar-refractivity contribution in [1.82, 2.24) is 4.90 Å². The Morgan fingerprint density at radius 1 is 1.12 bits per heavy atom. The summed E-state index contributed by atoms with van der Waals surface area (Å²) in [5.41, 5.74) is 0. The number of rotatable bonds is 1. The smallest absolute Gasteiger partial charge is 0.285 e. The van der Waals surface area contributed by atoms with E-state index >= 15 is 0 Å². The molecule has 0 aromatic heterocycles. The minimum atomic E-state index is 0.0430. The van der Waals surface area contributed by atoms with Gasteiger partial charge in [-0.3, -0.25) is 4.79 Å². The maximum absolute atomic E-state index is 11.6. The largest absolute Gasteiger partial charge is 0.339 e. The van der Waals surface area contributed by atoms with Crippen LogP contribution in [-0.4, -0.2) is 24.2 Å². The summed E-state index contributed by atoms with van der Waals surface area (Å²) in [5, 5.41) is 2.35. The van der Waals surface area contributed by atoms with Crippen molar-refractivity contribution in [3.05, 3.63) is 40.9 Å². The van der Waals surface area contributed by atoms with E-state index in [1.807, 2.05) is 30.3 Å². The second kappa shape index (κ2) is 5.10. The van der Waals surface area contributed by atoms with Crippen molar-refractivity contribution in [2.45, 2.75) is 4.90 Å². The first-order valence-electron chi connectivity index (χ1n) is 5.15. The molecule has 0 aliphatic carbocycles. The van der Waals surface area contributed by atoms with Crippen LogP contribution in [0.25, 0.3) is 10.8 Å². The van der Waals surface area contributed by atoms with E-state index in [1.165, 1.54) is 17.1 Å². The van der Waals surface area contributed by atoms with Gasteiger partial charge in [0.2, 0.25) is 0 Å². The van der Waals surface area contributed by atoms with E-state index < -0.39 is 0 Å². The van der Waals surface area contributed by atoms with Gasteiger partial charge in [0.1, 0.15) is 0 Å². The monoisotopic (exact) mass is 309 g/mol. The molecule has 0 saturated heterocycles. The van der Waals surface area contributed by atoms with Crippen LogP contribution in [0.5, 0.6) is 0 Å². The summed E-state index contributed by atoms with van der Waals surface area (Å²) in [7, 11) is 3.51. The Hall–Kier alpha value is -1.00. The van der Waals surface area contributed by atoms with Gasteiger partial charge in [-0.05, 0) is 46.8 Å². The van der Waals surface area contributed by atoms with E-state index in [0.29, 0.717) is 0 Å². The Morgan fingerprint density at radius 3 is 2.47 bits per heavy atom. The quantitative estimate of drug-likeness (QED) is 0.729. The Labute approximate surface area is 113 Å². The normalized spacial score (nSPS) is 10.5. The van der Waals surface area contributed by atoms with Gasteiger partial charge in [0, 0.05) is 23.5 Å². The van der Waals surface area contributed by atoms with Gasteiger partial charge in [-0.1, -0.05) is 28.1 Å². The lowest BCUT2D eigenvalue weighted by atomic mass is 10.1. The standard InChI is InChI=1S/C13H12BrNOS/c1-15(2)13(16)17-12-6-4-9-7-11(14)5-3-10(9)8-12/h3-8H,1-2H3. The fourth-order valence-corrected chi connectivity index (χ4v) is 2.54. The van der Waals surface area contributed by atoms with Gasteiger partial charge in [-0.2, -0.15) is 0 Å². The van der Waals surface area contributed by atoms with E-state index in [2.05, 4.69) is 22.0 Å². The molecule has 0 saturated carbocycles. The Balaban J connectivity index is 2.32. The highest BCUT2D eigenvalue weighted by atomic mass is 79.9. The third kappa shape index (κ3) is 3.01. The second-order valence-corrected chi connectivity index (χ2v) is 5.86. The van der Waals surface area contributed by atoms with Gasteiger partial charge < -0.3 is 4.90 Å². The van der Waals surface area contributed by atoms with Crippen LogP contribution in [0.1, 0.15) is 0 Å². The molecule has 0 fully saturated rings. The molecule has 0 N–H and O–H groups in total. The molecule has 2 aromatic rings.